The fourth-order valence-electron chi connectivity index (χ4n) is 4.21. The first-order valence-electron chi connectivity index (χ1n) is 11.8. The van der Waals surface area contributed by atoms with Gasteiger partial charge in [0, 0.05) is 35.5 Å². The van der Waals surface area contributed by atoms with Gasteiger partial charge >= 0.3 is 6.18 Å². The highest BCUT2D eigenvalue weighted by atomic mass is 32.2. The number of aromatic amines is 1. The minimum absolute atomic E-state index is 0.0105. The topological polar surface area (TPSA) is 110 Å². The predicted octanol–water partition coefficient (Wildman–Crippen LogP) is 5.69. The van der Waals surface area contributed by atoms with Crippen LogP contribution in [0.3, 0.4) is 0 Å². The zero-order valence-electron chi connectivity index (χ0n) is 20.8. The number of methoxy groups -OCH3 is 1. The molecule has 1 atom stereocenters. The summed E-state index contributed by atoms with van der Waals surface area (Å²) in [5.74, 6) is -0.593. The fourth-order valence-corrected chi connectivity index (χ4v) is 6.06. The summed E-state index contributed by atoms with van der Waals surface area (Å²) in [6.45, 7) is 0.0105. The quantitative estimate of drug-likeness (QED) is 0.182. The molecule has 0 saturated heterocycles. The Hall–Kier alpha value is -4.52. The molecule has 0 fully saturated rings. The molecule has 4 heterocycles. The lowest BCUT2D eigenvalue weighted by Crippen LogP contribution is -2.17. The smallest absolute Gasteiger partial charge is 0.433 e. The molecule has 1 unspecified atom stereocenters. The summed E-state index contributed by atoms with van der Waals surface area (Å²) in [4.78, 5) is 14.5. The average Bonchev–Trinajstić information content (AvgIpc) is 3.36. The molecule has 13 heteroatoms. The van der Waals surface area contributed by atoms with Gasteiger partial charge in [0.2, 0.25) is 5.95 Å². The Balaban J connectivity index is 1.52. The number of alkyl halides is 3. The van der Waals surface area contributed by atoms with E-state index in [1.54, 1.807) is 24.3 Å². The van der Waals surface area contributed by atoms with E-state index in [1.165, 1.54) is 49.8 Å². The molecule has 0 aliphatic rings. The van der Waals surface area contributed by atoms with Crippen molar-refractivity contribution in [2.75, 3.05) is 12.4 Å². The number of aromatic nitrogens is 4. The second kappa shape index (κ2) is 10.6. The van der Waals surface area contributed by atoms with E-state index < -0.39 is 32.9 Å². The lowest BCUT2D eigenvalue weighted by Gasteiger charge is -2.19. The zero-order valence-corrected chi connectivity index (χ0v) is 21.6. The van der Waals surface area contributed by atoms with Crippen LogP contribution in [0.15, 0.2) is 84.1 Å². The second-order valence-corrected chi connectivity index (χ2v) is 10.8. The molecule has 0 aliphatic heterocycles. The maximum absolute atomic E-state index is 15.6. The Bertz CT molecular complexity index is 1760. The lowest BCUT2D eigenvalue weighted by atomic mass is 10.1. The molecule has 0 spiro atoms. The van der Waals surface area contributed by atoms with Gasteiger partial charge in [0.25, 0.3) is 0 Å². The number of rotatable bonds is 8. The Morgan fingerprint density at radius 3 is 2.42 bits per heavy atom. The monoisotopic (exact) mass is 571 g/mol. The molecule has 206 valence electrons. The lowest BCUT2D eigenvalue weighted by molar-refractivity contribution is -0.141. The van der Waals surface area contributed by atoms with Gasteiger partial charge in [-0.15, -0.1) is 0 Å². The number of ether oxygens (including phenoxy) is 1. The number of H-pyrrole nitrogens is 1. The van der Waals surface area contributed by atoms with E-state index >= 15 is 4.39 Å². The van der Waals surface area contributed by atoms with Gasteiger partial charge in [-0.25, -0.2) is 18.4 Å². The van der Waals surface area contributed by atoms with E-state index in [2.05, 4.69) is 25.3 Å². The number of halogens is 4. The van der Waals surface area contributed by atoms with Crippen molar-refractivity contribution in [2.45, 2.75) is 22.9 Å². The number of fused-ring (bicyclic) bond motifs is 1. The first-order valence-corrected chi connectivity index (χ1v) is 13.3. The van der Waals surface area contributed by atoms with E-state index in [1.807, 2.05) is 0 Å². The minimum atomic E-state index is -4.56. The predicted molar refractivity (Wildman–Crippen MR) is 139 cm³/mol. The SMILES string of the molecule is COc1cnc2[nH]cc(C(c3ccc(NCc4ccc(C(F)(F)F)nc4)nc3F)S(=O)(=O)c3ccccc3)c2c1. The summed E-state index contributed by atoms with van der Waals surface area (Å²) in [6.07, 6.45) is -0.568. The Morgan fingerprint density at radius 1 is 1.00 bits per heavy atom. The van der Waals surface area contributed by atoms with Crippen molar-refractivity contribution >= 4 is 26.7 Å². The Kier molecular flexibility index (Phi) is 7.15. The summed E-state index contributed by atoms with van der Waals surface area (Å²) in [6, 6.07) is 14.1. The summed E-state index contributed by atoms with van der Waals surface area (Å²) in [5.41, 5.74) is -0.178. The first-order chi connectivity index (χ1) is 19.1. The van der Waals surface area contributed by atoms with Gasteiger partial charge in [-0.2, -0.15) is 17.6 Å². The highest BCUT2D eigenvalue weighted by molar-refractivity contribution is 7.92. The molecule has 40 heavy (non-hydrogen) atoms. The molecule has 0 amide bonds. The van der Waals surface area contributed by atoms with Crippen LogP contribution < -0.4 is 10.1 Å². The molecule has 5 rings (SSSR count). The summed E-state index contributed by atoms with van der Waals surface area (Å²) < 4.78 is 86.9. The zero-order chi connectivity index (χ0) is 28.5. The van der Waals surface area contributed by atoms with Gasteiger partial charge in [0.05, 0.1) is 18.2 Å². The first kappa shape index (κ1) is 27.1. The average molecular weight is 572 g/mol. The molecule has 4 aromatic heterocycles. The third-order valence-electron chi connectivity index (χ3n) is 6.19. The van der Waals surface area contributed by atoms with Crippen molar-refractivity contribution in [3.8, 4) is 5.75 Å². The fraction of sp³-hybridized carbons (Fsp3) is 0.148. The van der Waals surface area contributed by atoms with Gasteiger partial charge in [-0.05, 0) is 42.0 Å². The highest BCUT2D eigenvalue weighted by Crippen LogP contribution is 2.40. The molecule has 0 radical (unpaired) electrons. The number of pyridine rings is 3. The van der Waals surface area contributed by atoms with Gasteiger partial charge in [-0.1, -0.05) is 24.3 Å². The largest absolute Gasteiger partial charge is 0.495 e. The van der Waals surface area contributed by atoms with Crippen LogP contribution in [0, 0.1) is 5.95 Å². The van der Waals surface area contributed by atoms with Crippen molar-refractivity contribution in [3.63, 3.8) is 0 Å². The molecule has 0 bridgehead atoms. The van der Waals surface area contributed by atoms with Crippen LogP contribution in [-0.4, -0.2) is 35.5 Å². The number of hydrogen-bond donors (Lipinski definition) is 2. The van der Waals surface area contributed by atoms with Crippen LogP contribution in [-0.2, 0) is 22.6 Å². The van der Waals surface area contributed by atoms with Crippen molar-refractivity contribution in [3.05, 3.63) is 108 Å². The molecule has 2 N–H and O–H groups in total. The molecular formula is C27H21F4N5O3S. The summed E-state index contributed by atoms with van der Waals surface area (Å²) >= 11 is 0. The Morgan fingerprint density at radius 2 is 1.77 bits per heavy atom. The van der Waals surface area contributed by atoms with Crippen LogP contribution in [0.5, 0.6) is 5.75 Å². The molecule has 0 aliphatic carbocycles. The van der Waals surface area contributed by atoms with E-state index in [-0.39, 0.29) is 28.4 Å². The Labute approximate surface area is 226 Å². The molecule has 0 saturated carbocycles. The number of hydrogen-bond acceptors (Lipinski definition) is 7. The number of anilines is 1. The number of benzene rings is 1. The van der Waals surface area contributed by atoms with Crippen LogP contribution >= 0.6 is 0 Å². The van der Waals surface area contributed by atoms with Crippen LogP contribution in [0.2, 0.25) is 0 Å². The summed E-state index contributed by atoms with van der Waals surface area (Å²) in [7, 11) is -2.74. The van der Waals surface area contributed by atoms with Crippen LogP contribution in [0.1, 0.15) is 27.6 Å². The van der Waals surface area contributed by atoms with E-state index in [0.717, 1.165) is 12.3 Å². The normalized spacial score (nSPS) is 12.8. The van der Waals surface area contributed by atoms with Crippen LogP contribution in [0.4, 0.5) is 23.4 Å². The van der Waals surface area contributed by atoms with E-state index in [0.29, 0.717) is 22.3 Å². The maximum Gasteiger partial charge on any atom is 0.433 e. The van der Waals surface area contributed by atoms with E-state index in [9.17, 15) is 21.6 Å². The number of sulfone groups is 1. The second-order valence-electron chi connectivity index (χ2n) is 8.73. The maximum atomic E-state index is 15.6. The van der Waals surface area contributed by atoms with Gasteiger partial charge in [0.15, 0.2) is 9.84 Å². The summed E-state index contributed by atoms with van der Waals surface area (Å²) in [5, 5.41) is 1.76. The van der Waals surface area contributed by atoms with Crippen molar-refractivity contribution in [2.24, 2.45) is 0 Å². The molecule has 5 aromatic rings. The third kappa shape index (κ3) is 5.32. The van der Waals surface area contributed by atoms with Crippen molar-refractivity contribution in [1.29, 1.82) is 0 Å². The highest BCUT2D eigenvalue weighted by Gasteiger charge is 2.36. The van der Waals surface area contributed by atoms with Gasteiger partial charge < -0.3 is 15.0 Å². The van der Waals surface area contributed by atoms with Crippen molar-refractivity contribution in [1.82, 2.24) is 19.9 Å². The van der Waals surface area contributed by atoms with Crippen molar-refractivity contribution < 1.29 is 30.7 Å². The van der Waals surface area contributed by atoms with Gasteiger partial charge in [0.1, 0.15) is 28.2 Å². The third-order valence-corrected chi connectivity index (χ3v) is 8.24. The molecular weight excluding hydrogens is 550 g/mol. The number of nitrogens with one attached hydrogen (secondary N) is 2. The standard InChI is InChI=1S/C27H21F4N5O3S/c1-39-17-11-20-21(15-35-26(20)34-14-17)24(40(37,38)18-5-3-2-4-6-18)19-8-10-23(36-25(19)28)33-13-16-7-9-22(32-12-16)27(29,30)31/h2-12,14-15,24H,13H2,1H3,(H,33,36)(H,34,35). The number of nitrogens with zero attached hydrogens (tertiary/aromatic N) is 3. The molecule has 8 nitrogen and oxygen atoms in total. The van der Waals surface area contributed by atoms with E-state index in [4.69, 9.17) is 4.74 Å². The van der Waals surface area contributed by atoms with Gasteiger partial charge in [-0.3, -0.25) is 4.98 Å². The minimum Gasteiger partial charge on any atom is -0.495 e. The van der Waals surface area contributed by atoms with Crippen LogP contribution in [0.25, 0.3) is 11.0 Å². The molecule has 1 aromatic carbocycles.